The van der Waals surface area contributed by atoms with Crippen molar-refractivity contribution in [3.8, 4) is 0 Å². The third-order valence-corrected chi connectivity index (χ3v) is 7.48. The Kier molecular flexibility index (Phi) is 7.41. The average molecular weight is 506 g/mol. The Labute approximate surface area is 207 Å². The second-order valence-corrected chi connectivity index (χ2v) is 10.3. The number of carbonyl (C=O) groups is 1. The lowest BCUT2D eigenvalue weighted by Gasteiger charge is -2.36. The van der Waals surface area contributed by atoms with Crippen LogP contribution in [0.2, 0.25) is 0 Å². The van der Waals surface area contributed by atoms with Gasteiger partial charge in [0.2, 0.25) is 5.91 Å². The smallest absolute Gasteiger partial charge is 0.228 e. The summed E-state index contributed by atoms with van der Waals surface area (Å²) in [5.41, 5.74) is 5.08. The van der Waals surface area contributed by atoms with Crippen molar-refractivity contribution in [3.63, 3.8) is 0 Å². The number of morpholine rings is 1. The van der Waals surface area contributed by atoms with Gasteiger partial charge >= 0.3 is 0 Å². The quantitative estimate of drug-likeness (QED) is 0.502. The maximum Gasteiger partial charge on any atom is 0.228 e. The Morgan fingerprint density at radius 2 is 2.23 bits per heavy atom. The number of nitrogens with two attached hydrogens (primary N) is 1. The summed E-state index contributed by atoms with van der Waals surface area (Å²) in [6.07, 6.45) is 3.19. The summed E-state index contributed by atoms with van der Waals surface area (Å²) in [6.45, 7) is 4.28. The molecule has 2 aliphatic rings. The highest BCUT2D eigenvalue weighted by Gasteiger charge is 2.48. The van der Waals surface area contributed by atoms with Gasteiger partial charge in [-0.05, 0) is 37.0 Å². The highest BCUT2D eigenvalue weighted by atomic mass is 32.2. The molecule has 0 radical (unpaired) electrons. The lowest BCUT2D eigenvalue weighted by molar-refractivity contribution is -0.121. The first-order valence-electron chi connectivity index (χ1n) is 11.3. The Hall–Kier alpha value is -2.60. The van der Waals surface area contributed by atoms with Gasteiger partial charge in [-0.3, -0.25) is 9.69 Å². The number of rotatable bonds is 8. The minimum Gasteiger partial charge on any atom is -0.386 e. The van der Waals surface area contributed by atoms with Gasteiger partial charge in [0.15, 0.2) is 0 Å². The van der Waals surface area contributed by atoms with Crippen LogP contribution in [0.3, 0.4) is 0 Å². The van der Waals surface area contributed by atoms with E-state index in [1.54, 1.807) is 49.7 Å². The van der Waals surface area contributed by atoms with Crippen LogP contribution < -0.4 is 11.1 Å². The molecule has 0 saturated carbocycles. The predicted octanol–water partition coefficient (Wildman–Crippen LogP) is 2.64. The Morgan fingerprint density at radius 3 is 2.91 bits per heavy atom. The first-order valence-corrected chi connectivity index (χ1v) is 12.2. The molecule has 8 nitrogen and oxygen atoms in total. The fourth-order valence-electron chi connectivity index (χ4n) is 4.29. The van der Waals surface area contributed by atoms with Crippen LogP contribution in [0.15, 0.2) is 41.9 Å². The molecule has 2 aliphatic heterocycles. The van der Waals surface area contributed by atoms with Crippen LogP contribution in [-0.4, -0.2) is 58.4 Å². The van der Waals surface area contributed by atoms with E-state index in [-0.39, 0.29) is 11.6 Å². The van der Waals surface area contributed by atoms with Gasteiger partial charge in [-0.1, -0.05) is 30.0 Å². The molecule has 3 atom stereocenters. The lowest BCUT2D eigenvalue weighted by atomic mass is 9.88. The molecule has 1 aromatic carbocycles. The van der Waals surface area contributed by atoms with Crippen molar-refractivity contribution < 1.29 is 23.4 Å². The summed E-state index contributed by atoms with van der Waals surface area (Å²) in [7, 11) is 0. The number of ether oxygens (including phenoxy) is 1. The topological polar surface area (TPSA) is 114 Å². The molecule has 2 aromatic rings. The van der Waals surface area contributed by atoms with E-state index < -0.39 is 34.8 Å². The highest BCUT2D eigenvalue weighted by molar-refractivity contribution is 8.03. The van der Waals surface area contributed by atoms with Crippen LogP contribution in [0.1, 0.15) is 30.8 Å². The van der Waals surface area contributed by atoms with Gasteiger partial charge in [-0.15, -0.1) is 0 Å². The molecule has 1 fully saturated rings. The molecule has 4 rings (SSSR count). The maximum absolute atomic E-state index is 15.5. The zero-order valence-electron chi connectivity index (χ0n) is 19.6. The fourth-order valence-corrected chi connectivity index (χ4v) is 5.54. The van der Waals surface area contributed by atoms with Crippen LogP contribution in [-0.2, 0) is 26.5 Å². The van der Waals surface area contributed by atoms with E-state index >= 15 is 4.39 Å². The lowest BCUT2D eigenvalue weighted by Crippen LogP contribution is -2.46. The van der Waals surface area contributed by atoms with Crippen LogP contribution >= 0.6 is 11.8 Å². The van der Waals surface area contributed by atoms with Crippen LogP contribution in [0.5, 0.6) is 0 Å². The van der Waals surface area contributed by atoms with Gasteiger partial charge < -0.3 is 20.9 Å². The number of aromatic nitrogens is 2. The molecule has 188 valence electrons. The molecule has 0 bridgehead atoms. The molecule has 4 N–H and O–H groups in total. The Morgan fingerprint density at radius 1 is 1.43 bits per heavy atom. The first kappa shape index (κ1) is 25.5. The number of anilines is 1. The van der Waals surface area contributed by atoms with Gasteiger partial charge in [-0.2, -0.15) is 0 Å². The molecular weight excluding hydrogens is 476 g/mol. The first-order chi connectivity index (χ1) is 16.6. The number of benzene rings is 1. The summed E-state index contributed by atoms with van der Waals surface area (Å²) in [5, 5.41) is 15.2. The number of aliphatic hydroxyl groups is 1. The molecule has 3 heterocycles. The molecule has 0 aliphatic carbocycles. The van der Waals surface area contributed by atoms with Crippen molar-refractivity contribution in [2.75, 3.05) is 31.7 Å². The highest BCUT2D eigenvalue weighted by Crippen LogP contribution is 2.50. The normalized spacial score (nSPS) is 25.1. The monoisotopic (exact) mass is 505 g/mol. The minimum absolute atomic E-state index is 0.204. The largest absolute Gasteiger partial charge is 0.386 e. The van der Waals surface area contributed by atoms with E-state index in [9.17, 15) is 14.3 Å². The summed E-state index contributed by atoms with van der Waals surface area (Å²) in [5.74, 6) is -1.27. The number of nitrogens with zero attached hydrogens (tertiary/aromatic N) is 3. The van der Waals surface area contributed by atoms with E-state index in [1.165, 1.54) is 17.8 Å². The van der Waals surface area contributed by atoms with Crippen molar-refractivity contribution in [3.05, 3.63) is 64.7 Å². The Balaban J connectivity index is 1.67. The van der Waals surface area contributed by atoms with Crippen molar-refractivity contribution in [1.29, 1.82) is 0 Å². The number of carbonyl (C=O) groups excluding carboxylic acids is 1. The van der Waals surface area contributed by atoms with E-state index in [0.29, 0.717) is 43.5 Å². The second kappa shape index (κ2) is 10.2. The fraction of sp³-hybridized carbons (Fsp3) is 0.458. The Bertz CT molecular complexity index is 1110. The number of primary amides is 1. The zero-order chi connectivity index (χ0) is 25.2. The third kappa shape index (κ3) is 5.32. The number of thioether (sulfide) groups is 1. The molecule has 11 heteroatoms. The van der Waals surface area contributed by atoms with E-state index in [2.05, 4.69) is 15.3 Å². The zero-order valence-corrected chi connectivity index (χ0v) is 20.4. The van der Waals surface area contributed by atoms with Crippen molar-refractivity contribution in [1.82, 2.24) is 14.9 Å². The molecule has 3 unspecified atom stereocenters. The van der Waals surface area contributed by atoms with E-state index in [0.717, 1.165) is 0 Å². The molecular formula is C24H29F2N5O3S. The van der Waals surface area contributed by atoms with Gasteiger partial charge in [0.25, 0.3) is 0 Å². The molecule has 1 aromatic heterocycles. The van der Waals surface area contributed by atoms with Gasteiger partial charge in [0.05, 0.1) is 37.3 Å². The van der Waals surface area contributed by atoms with Crippen molar-refractivity contribution in [2.45, 2.75) is 36.9 Å². The second-order valence-electron chi connectivity index (χ2n) is 9.15. The van der Waals surface area contributed by atoms with Gasteiger partial charge in [0.1, 0.15) is 29.0 Å². The predicted molar refractivity (Wildman–Crippen MR) is 129 cm³/mol. The molecule has 35 heavy (non-hydrogen) atoms. The van der Waals surface area contributed by atoms with Crippen LogP contribution in [0, 0.1) is 11.7 Å². The number of halogens is 2. The molecule has 0 spiro atoms. The van der Waals surface area contributed by atoms with E-state index in [1.807, 2.05) is 4.90 Å². The summed E-state index contributed by atoms with van der Waals surface area (Å²) >= 11 is 1.22. The number of nitrogens with one attached hydrogen (secondary N) is 1. The third-order valence-electron chi connectivity index (χ3n) is 6.24. The summed E-state index contributed by atoms with van der Waals surface area (Å²) < 4.78 is 34.2. The van der Waals surface area contributed by atoms with Crippen molar-refractivity contribution >= 4 is 23.5 Å². The number of amides is 1. The average Bonchev–Trinajstić information content (AvgIpc) is 3.23. The van der Waals surface area contributed by atoms with Crippen LogP contribution in [0.25, 0.3) is 0 Å². The maximum atomic E-state index is 15.5. The minimum atomic E-state index is -1.29. The van der Waals surface area contributed by atoms with Crippen molar-refractivity contribution in [2.24, 2.45) is 11.7 Å². The standard InChI is InChI=1S/C24H29F2N5O3S/c1-23(2,33)15-3-4-17(19(26)11-15)24(18(22(27)32)6-10-35-24)30-20-5-7-28-21(29-20)13-31-8-9-34-14-16(31)12-25/h3-7,10-11,16,18,33H,8-9,12-14H2,1-2H3,(H2,27,32)(H,28,29,30). The number of hydrogen-bond acceptors (Lipinski definition) is 8. The van der Waals surface area contributed by atoms with Gasteiger partial charge in [0, 0.05) is 18.3 Å². The molecule has 1 saturated heterocycles. The van der Waals surface area contributed by atoms with E-state index in [4.69, 9.17) is 10.5 Å². The summed E-state index contributed by atoms with van der Waals surface area (Å²) in [6, 6.07) is 5.69. The van der Waals surface area contributed by atoms with Crippen LogP contribution in [0.4, 0.5) is 14.6 Å². The molecule has 1 amide bonds. The number of alkyl halides is 1. The van der Waals surface area contributed by atoms with Gasteiger partial charge in [-0.25, -0.2) is 18.7 Å². The SMILES string of the molecule is CC(C)(O)c1ccc(C2(Nc3ccnc(CN4CCOCC4CF)n3)SC=CC2C(N)=O)c(F)c1. The summed E-state index contributed by atoms with van der Waals surface area (Å²) in [4.78, 5) is 21.9. The number of hydrogen-bond donors (Lipinski definition) is 3.